The van der Waals surface area contributed by atoms with Crippen LogP contribution in [0.5, 0.6) is 5.88 Å². The molecule has 0 saturated carbocycles. The summed E-state index contributed by atoms with van der Waals surface area (Å²) in [6.07, 6.45) is 0.917. The van der Waals surface area contributed by atoms with Gasteiger partial charge < -0.3 is 9.64 Å². The van der Waals surface area contributed by atoms with E-state index in [0.717, 1.165) is 26.1 Å². The lowest BCUT2D eigenvalue weighted by atomic mass is 10.1. The van der Waals surface area contributed by atoms with Crippen LogP contribution in [0.1, 0.15) is 29.4 Å². The zero-order chi connectivity index (χ0) is 17.6. The van der Waals surface area contributed by atoms with Crippen LogP contribution in [0.25, 0.3) is 0 Å². The Morgan fingerprint density at radius 1 is 1.16 bits per heavy atom. The minimum absolute atomic E-state index is 0.0543. The van der Waals surface area contributed by atoms with Gasteiger partial charge in [0.2, 0.25) is 5.88 Å². The highest BCUT2D eigenvalue weighted by atomic mass is 16.5. The monoisotopic (exact) mass is 340 g/mol. The molecule has 1 atom stereocenters. The van der Waals surface area contributed by atoms with E-state index in [0.29, 0.717) is 18.1 Å². The number of aromatic nitrogens is 2. The lowest BCUT2D eigenvalue weighted by Crippen LogP contribution is -2.54. The van der Waals surface area contributed by atoms with Gasteiger partial charge in [-0.3, -0.25) is 9.69 Å². The van der Waals surface area contributed by atoms with Crippen molar-refractivity contribution in [1.29, 1.82) is 0 Å². The molecule has 0 aliphatic carbocycles. The summed E-state index contributed by atoms with van der Waals surface area (Å²) in [7, 11) is 1.53. The summed E-state index contributed by atoms with van der Waals surface area (Å²) in [5.41, 5.74) is 1.67. The number of rotatable bonds is 5. The quantitative estimate of drug-likeness (QED) is 0.835. The Bertz CT molecular complexity index is 690. The van der Waals surface area contributed by atoms with Gasteiger partial charge >= 0.3 is 0 Å². The summed E-state index contributed by atoms with van der Waals surface area (Å²) >= 11 is 0. The fourth-order valence-electron chi connectivity index (χ4n) is 3.21. The van der Waals surface area contributed by atoms with Crippen LogP contribution in [-0.2, 0) is 6.54 Å². The number of hydrogen-bond acceptors (Lipinski definition) is 5. The Morgan fingerprint density at radius 2 is 1.96 bits per heavy atom. The molecular weight excluding hydrogens is 316 g/mol. The van der Waals surface area contributed by atoms with Crippen molar-refractivity contribution >= 4 is 5.91 Å². The largest absolute Gasteiger partial charge is 0.480 e. The first-order valence-corrected chi connectivity index (χ1v) is 8.66. The summed E-state index contributed by atoms with van der Waals surface area (Å²) in [5.74, 6) is 0.359. The van der Waals surface area contributed by atoms with Crippen molar-refractivity contribution in [3.05, 3.63) is 53.7 Å². The number of methoxy groups -OCH3 is 1. The first-order valence-electron chi connectivity index (χ1n) is 8.66. The van der Waals surface area contributed by atoms with Crippen LogP contribution in [0.15, 0.2) is 42.5 Å². The normalized spacial score (nSPS) is 18.2. The summed E-state index contributed by atoms with van der Waals surface area (Å²) < 4.78 is 5.00. The zero-order valence-corrected chi connectivity index (χ0v) is 14.8. The Morgan fingerprint density at radius 3 is 2.60 bits per heavy atom. The molecule has 25 heavy (non-hydrogen) atoms. The van der Waals surface area contributed by atoms with Gasteiger partial charge in [-0.25, -0.2) is 0 Å². The molecular formula is C19H24N4O2. The molecule has 1 fully saturated rings. The number of piperazine rings is 1. The van der Waals surface area contributed by atoms with Crippen LogP contribution >= 0.6 is 0 Å². The number of carbonyl (C=O) groups is 1. The standard InChI is InChI=1S/C19H24N4O2/c1-3-16-14-22(13-15-7-5-4-6-8-15)11-12-23(16)19(24)17-9-10-18(25-2)21-20-17/h4-10,16H,3,11-14H2,1-2H3/t16-/m0/s1. The van der Waals surface area contributed by atoms with E-state index >= 15 is 0 Å². The van der Waals surface area contributed by atoms with E-state index in [1.54, 1.807) is 12.1 Å². The molecule has 1 amide bonds. The van der Waals surface area contributed by atoms with Crippen molar-refractivity contribution < 1.29 is 9.53 Å². The third-order valence-corrected chi connectivity index (χ3v) is 4.62. The first-order chi connectivity index (χ1) is 12.2. The molecule has 0 spiro atoms. The summed E-state index contributed by atoms with van der Waals surface area (Å²) in [5, 5.41) is 7.90. The second kappa shape index (κ2) is 8.07. The van der Waals surface area contributed by atoms with Gasteiger partial charge in [-0.05, 0) is 18.1 Å². The molecule has 2 aromatic rings. The maximum atomic E-state index is 12.8. The van der Waals surface area contributed by atoms with E-state index in [1.807, 2.05) is 11.0 Å². The molecule has 1 aliphatic rings. The van der Waals surface area contributed by atoms with E-state index < -0.39 is 0 Å². The van der Waals surface area contributed by atoms with Gasteiger partial charge in [0.15, 0.2) is 5.69 Å². The molecule has 1 aliphatic heterocycles. The SMILES string of the molecule is CC[C@H]1CN(Cc2ccccc2)CCN1C(=O)c1ccc(OC)nn1. The number of hydrogen-bond donors (Lipinski definition) is 0. The molecule has 1 saturated heterocycles. The molecule has 0 unspecified atom stereocenters. The van der Waals surface area contributed by atoms with Gasteiger partial charge in [-0.1, -0.05) is 37.3 Å². The van der Waals surface area contributed by atoms with Crippen molar-refractivity contribution in [3.8, 4) is 5.88 Å². The highest BCUT2D eigenvalue weighted by molar-refractivity contribution is 5.92. The molecule has 1 aromatic heterocycles. The molecule has 6 nitrogen and oxygen atoms in total. The van der Waals surface area contributed by atoms with Crippen LogP contribution in [0.2, 0.25) is 0 Å². The highest BCUT2D eigenvalue weighted by Crippen LogP contribution is 2.18. The number of carbonyl (C=O) groups excluding carboxylic acids is 1. The number of ether oxygens (including phenoxy) is 1. The van der Waals surface area contributed by atoms with Gasteiger partial charge in [-0.15, -0.1) is 10.2 Å². The van der Waals surface area contributed by atoms with E-state index in [9.17, 15) is 4.79 Å². The Hall–Kier alpha value is -2.47. The smallest absolute Gasteiger partial charge is 0.274 e. The topological polar surface area (TPSA) is 58.6 Å². The Labute approximate surface area is 148 Å². The fourth-order valence-corrected chi connectivity index (χ4v) is 3.21. The predicted octanol–water partition coefficient (Wildman–Crippen LogP) is 2.22. The van der Waals surface area contributed by atoms with Crippen LogP contribution in [0, 0.1) is 0 Å². The second-order valence-electron chi connectivity index (χ2n) is 6.24. The summed E-state index contributed by atoms with van der Waals surface area (Å²) in [6.45, 7) is 5.48. The molecule has 6 heteroatoms. The van der Waals surface area contributed by atoms with Gasteiger partial charge in [0, 0.05) is 38.3 Å². The second-order valence-corrected chi connectivity index (χ2v) is 6.24. The maximum absolute atomic E-state index is 12.8. The fraction of sp³-hybridized carbons (Fsp3) is 0.421. The average molecular weight is 340 g/mol. The maximum Gasteiger partial charge on any atom is 0.274 e. The van der Waals surface area contributed by atoms with Gasteiger partial charge in [0.05, 0.1) is 7.11 Å². The molecule has 0 N–H and O–H groups in total. The number of nitrogens with zero attached hydrogens (tertiary/aromatic N) is 4. The van der Waals surface area contributed by atoms with E-state index in [4.69, 9.17) is 4.74 Å². The third-order valence-electron chi connectivity index (χ3n) is 4.62. The minimum Gasteiger partial charge on any atom is -0.480 e. The number of benzene rings is 1. The Kier molecular flexibility index (Phi) is 5.60. The van der Waals surface area contributed by atoms with Gasteiger partial charge in [-0.2, -0.15) is 0 Å². The van der Waals surface area contributed by atoms with Crippen molar-refractivity contribution in [3.63, 3.8) is 0 Å². The molecule has 1 aromatic carbocycles. The molecule has 132 valence electrons. The van der Waals surface area contributed by atoms with Crippen molar-refractivity contribution in [2.75, 3.05) is 26.7 Å². The van der Waals surface area contributed by atoms with Gasteiger partial charge in [0.1, 0.15) is 0 Å². The zero-order valence-electron chi connectivity index (χ0n) is 14.8. The molecule has 0 radical (unpaired) electrons. The van der Waals surface area contributed by atoms with Crippen LogP contribution < -0.4 is 4.74 Å². The van der Waals surface area contributed by atoms with Crippen molar-refractivity contribution in [1.82, 2.24) is 20.0 Å². The first kappa shape index (κ1) is 17.4. The van der Waals surface area contributed by atoms with Gasteiger partial charge in [0.25, 0.3) is 5.91 Å². The van der Waals surface area contributed by atoms with Crippen LogP contribution in [-0.4, -0.2) is 58.7 Å². The van der Waals surface area contributed by atoms with Crippen LogP contribution in [0.3, 0.4) is 0 Å². The molecule has 0 bridgehead atoms. The lowest BCUT2D eigenvalue weighted by Gasteiger charge is -2.41. The average Bonchev–Trinajstić information content (AvgIpc) is 2.68. The summed E-state index contributed by atoms with van der Waals surface area (Å²) in [4.78, 5) is 17.1. The predicted molar refractivity (Wildman–Crippen MR) is 95.4 cm³/mol. The van der Waals surface area contributed by atoms with E-state index in [1.165, 1.54) is 12.7 Å². The Balaban J connectivity index is 1.65. The van der Waals surface area contributed by atoms with Crippen LogP contribution in [0.4, 0.5) is 0 Å². The van der Waals surface area contributed by atoms with E-state index in [-0.39, 0.29) is 11.9 Å². The lowest BCUT2D eigenvalue weighted by molar-refractivity contribution is 0.0423. The third kappa shape index (κ3) is 4.14. The van der Waals surface area contributed by atoms with Crippen molar-refractivity contribution in [2.45, 2.75) is 25.9 Å². The molecule has 2 heterocycles. The highest BCUT2D eigenvalue weighted by Gasteiger charge is 2.30. The van der Waals surface area contributed by atoms with E-state index in [2.05, 4.69) is 46.3 Å². The molecule has 3 rings (SSSR count). The number of amides is 1. The van der Waals surface area contributed by atoms with Crippen molar-refractivity contribution in [2.24, 2.45) is 0 Å². The summed E-state index contributed by atoms with van der Waals surface area (Å²) in [6, 6.07) is 14.0. The minimum atomic E-state index is -0.0543.